The zero-order valence-corrected chi connectivity index (χ0v) is 10.6. The second-order valence-electron chi connectivity index (χ2n) is 4.14. The van der Waals surface area contributed by atoms with Crippen LogP contribution in [0.4, 0.5) is 4.79 Å². The highest BCUT2D eigenvalue weighted by atomic mass is 16.4. The smallest absolute Gasteiger partial charge is 0.317 e. The van der Waals surface area contributed by atoms with Crippen molar-refractivity contribution in [3.8, 4) is 0 Å². The average Bonchev–Trinajstić information content (AvgIpc) is 2.62. The number of amides is 2. The minimum atomic E-state index is -0.949. The number of nitrogens with zero attached hydrogens (tertiary/aromatic N) is 3. The topological polar surface area (TPSA) is 111 Å². The van der Waals surface area contributed by atoms with Gasteiger partial charge in [0.2, 0.25) is 0 Å². The van der Waals surface area contributed by atoms with Gasteiger partial charge in [-0.3, -0.25) is 9.89 Å². The number of carbonyl (C=O) groups is 2. The predicted octanol–water partition coefficient (Wildman–Crippen LogP) is 0.118. The standard InChI is InChI=1S/C10H17N5O3/c1-6(4-9(16)17)11-10(18)15(3)5-8-12-7(2)13-14-8/h6H,4-5H2,1-3H3,(H,11,18)(H,16,17)(H,12,13,14). The maximum Gasteiger partial charge on any atom is 0.317 e. The zero-order chi connectivity index (χ0) is 13.7. The highest BCUT2D eigenvalue weighted by Gasteiger charge is 2.15. The molecule has 0 aromatic carbocycles. The Bertz CT molecular complexity index is 431. The second kappa shape index (κ2) is 5.99. The first-order valence-corrected chi connectivity index (χ1v) is 5.49. The van der Waals surface area contributed by atoms with Gasteiger partial charge in [-0.05, 0) is 13.8 Å². The SMILES string of the molecule is Cc1nc(CN(C)C(=O)NC(C)CC(=O)O)n[nH]1. The number of urea groups is 1. The zero-order valence-electron chi connectivity index (χ0n) is 10.6. The lowest BCUT2D eigenvalue weighted by molar-refractivity contribution is -0.137. The summed E-state index contributed by atoms with van der Waals surface area (Å²) in [6, 6.07) is -0.780. The molecule has 0 saturated heterocycles. The Morgan fingerprint density at radius 1 is 1.56 bits per heavy atom. The van der Waals surface area contributed by atoms with E-state index in [0.717, 1.165) is 0 Å². The minimum Gasteiger partial charge on any atom is -0.481 e. The molecule has 1 rings (SSSR count). The van der Waals surface area contributed by atoms with E-state index in [1.807, 2.05) is 0 Å². The summed E-state index contributed by atoms with van der Waals surface area (Å²) in [5.74, 6) is 0.240. The van der Waals surface area contributed by atoms with E-state index in [2.05, 4.69) is 20.5 Å². The fourth-order valence-corrected chi connectivity index (χ4v) is 1.38. The molecule has 0 bridgehead atoms. The van der Waals surface area contributed by atoms with Crippen LogP contribution < -0.4 is 5.32 Å². The average molecular weight is 255 g/mol. The predicted molar refractivity (Wildman–Crippen MR) is 62.8 cm³/mol. The van der Waals surface area contributed by atoms with Crippen LogP contribution in [0.3, 0.4) is 0 Å². The molecule has 1 unspecified atom stereocenters. The Morgan fingerprint density at radius 3 is 2.72 bits per heavy atom. The first-order valence-electron chi connectivity index (χ1n) is 5.49. The van der Waals surface area contributed by atoms with Crippen LogP contribution in [0.2, 0.25) is 0 Å². The van der Waals surface area contributed by atoms with E-state index in [-0.39, 0.29) is 19.0 Å². The fourth-order valence-electron chi connectivity index (χ4n) is 1.38. The number of carbonyl (C=O) groups excluding carboxylic acids is 1. The monoisotopic (exact) mass is 255 g/mol. The van der Waals surface area contributed by atoms with Gasteiger partial charge in [-0.1, -0.05) is 0 Å². The number of carboxylic acids is 1. The molecule has 8 heteroatoms. The van der Waals surface area contributed by atoms with Crippen LogP contribution in [0.1, 0.15) is 25.0 Å². The number of hydrogen-bond donors (Lipinski definition) is 3. The van der Waals surface area contributed by atoms with Crippen LogP contribution in [0, 0.1) is 6.92 Å². The van der Waals surface area contributed by atoms with E-state index in [9.17, 15) is 9.59 Å². The molecule has 100 valence electrons. The van der Waals surface area contributed by atoms with Crippen molar-refractivity contribution >= 4 is 12.0 Å². The first kappa shape index (κ1) is 13.9. The summed E-state index contributed by atoms with van der Waals surface area (Å²) < 4.78 is 0. The highest BCUT2D eigenvalue weighted by Crippen LogP contribution is 1.98. The molecule has 8 nitrogen and oxygen atoms in total. The lowest BCUT2D eigenvalue weighted by Gasteiger charge is -2.19. The van der Waals surface area contributed by atoms with Crippen LogP contribution in [0.15, 0.2) is 0 Å². The number of aromatic nitrogens is 3. The van der Waals surface area contributed by atoms with Crippen molar-refractivity contribution in [1.29, 1.82) is 0 Å². The summed E-state index contributed by atoms with van der Waals surface area (Å²) >= 11 is 0. The number of aromatic amines is 1. The number of aliphatic carboxylic acids is 1. The Morgan fingerprint density at radius 2 is 2.22 bits per heavy atom. The molecular weight excluding hydrogens is 238 g/mol. The van der Waals surface area contributed by atoms with Gasteiger partial charge in [0.25, 0.3) is 0 Å². The second-order valence-corrected chi connectivity index (χ2v) is 4.14. The van der Waals surface area contributed by atoms with Crippen molar-refractivity contribution in [3.05, 3.63) is 11.6 Å². The summed E-state index contributed by atoms with van der Waals surface area (Å²) in [5, 5.41) is 17.8. The molecule has 1 aromatic rings. The third kappa shape index (κ3) is 4.40. The van der Waals surface area contributed by atoms with Crippen molar-refractivity contribution in [1.82, 2.24) is 25.4 Å². The molecule has 0 fully saturated rings. The molecule has 1 atom stereocenters. The summed E-state index contributed by atoms with van der Waals surface area (Å²) in [6.07, 6.45) is -0.112. The lowest BCUT2D eigenvalue weighted by atomic mass is 10.2. The number of rotatable bonds is 5. The summed E-state index contributed by atoms with van der Waals surface area (Å²) in [4.78, 5) is 27.6. The van der Waals surface area contributed by atoms with Crippen LogP contribution in [0.5, 0.6) is 0 Å². The number of H-pyrrole nitrogens is 1. The Kier molecular flexibility index (Phi) is 4.64. The van der Waals surface area contributed by atoms with Crippen LogP contribution in [0.25, 0.3) is 0 Å². The lowest BCUT2D eigenvalue weighted by Crippen LogP contribution is -2.42. The largest absolute Gasteiger partial charge is 0.481 e. The third-order valence-corrected chi connectivity index (χ3v) is 2.22. The van der Waals surface area contributed by atoms with Gasteiger partial charge in [0.05, 0.1) is 13.0 Å². The quantitative estimate of drug-likeness (QED) is 0.691. The Labute approximate surface area is 104 Å². The van der Waals surface area contributed by atoms with Gasteiger partial charge in [0.15, 0.2) is 5.82 Å². The van der Waals surface area contributed by atoms with Crippen molar-refractivity contribution in [2.75, 3.05) is 7.05 Å². The molecule has 18 heavy (non-hydrogen) atoms. The van der Waals surface area contributed by atoms with Crippen molar-refractivity contribution in [2.45, 2.75) is 32.9 Å². The molecule has 2 amide bonds. The molecule has 0 aliphatic rings. The van der Waals surface area contributed by atoms with Crippen LogP contribution in [-0.2, 0) is 11.3 Å². The molecule has 0 saturated carbocycles. The van der Waals surface area contributed by atoms with E-state index < -0.39 is 12.0 Å². The molecule has 0 spiro atoms. The summed E-state index contributed by atoms with van der Waals surface area (Å²) in [5.41, 5.74) is 0. The van der Waals surface area contributed by atoms with Gasteiger partial charge in [-0.2, -0.15) is 5.10 Å². The number of nitrogens with one attached hydrogen (secondary N) is 2. The fraction of sp³-hybridized carbons (Fsp3) is 0.600. The van der Waals surface area contributed by atoms with Crippen molar-refractivity contribution < 1.29 is 14.7 Å². The van der Waals surface area contributed by atoms with Crippen LogP contribution in [-0.4, -0.2) is 50.3 Å². The van der Waals surface area contributed by atoms with E-state index >= 15 is 0 Å². The number of carboxylic acid groups (broad SMARTS) is 1. The maximum atomic E-state index is 11.7. The van der Waals surface area contributed by atoms with E-state index in [4.69, 9.17) is 5.11 Å². The van der Waals surface area contributed by atoms with Gasteiger partial charge >= 0.3 is 12.0 Å². The summed E-state index contributed by atoms with van der Waals surface area (Å²) in [7, 11) is 1.59. The highest BCUT2D eigenvalue weighted by molar-refractivity contribution is 5.75. The van der Waals surface area contributed by atoms with E-state index in [0.29, 0.717) is 11.6 Å². The molecular formula is C10H17N5O3. The minimum absolute atomic E-state index is 0.112. The van der Waals surface area contributed by atoms with Gasteiger partial charge in [-0.25, -0.2) is 9.78 Å². The maximum absolute atomic E-state index is 11.7. The number of hydrogen-bond acceptors (Lipinski definition) is 4. The normalized spacial score (nSPS) is 11.9. The molecule has 1 aromatic heterocycles. The van der Waals surface area contributed by atoms with E-state index in [1.54, 1.807) is 20.9 Å². The Hall–Kier alpha value is -2.12. The molecule has 0 aliphatic carbocycles. The van der Waals surface area contributed by atoms with Gasteiger partial charge in [-0.15, -0.1) is 0 Å². The first-order chi connectivity index (χ1) is 8.38. The van der Waals surface area contributed by atoms with Gasteiger partial charge in [0.1, 0.15) is 5.82 Å². The third-order valence-electron chi connectivity index (χ3n) is 2.22. The van der Waals surface area contributed by atoms with Gasteiger partial charge < -0.3 is 15.3 Å². The molecule has 1 heterocycles. The molecule has 0 aliphatic heterocycles. The Balaban J connectivity index is 2.44. The summed E-state index contributed by atoms with van der Waals surface area (Å²) in [6.45, 7) is 3.66. The van der Waals surface area contributed by atoms with Crippen molar-refractivity contribution in [3.63, 3.8) is 0 Å². The molecule has 0 radical (unpaired) electrons. The van der Waals surface area contributed by atoms with Crippen LogP contribution >= 0.6 is 0 Å². The van der Waals surface area contributed by atoms with E-state index in [1.165, 1.54) is 4.90 Å². The van der Waals surface area contributed by atoms with Gasteiger partial charge in [0, 0.05) is 13.1 Å². The van der Waals surface area contributed by atoms with Crippen molar-refractivity contribution in [2.24, 2.45) is 0 Å². The molecule has 3 N–H and O–H groups in total. The number of aryl methyl sites for hydroxylation is 1.